The molecule has 1 amide bonds. The Balaban J connectivity index is 1.71. The number of benzene rings is 4. The first-order valence-corrected chi connectivity index (χ1v) is 9.76. The maximum Gasteiger partial charge on any atom is 0.280 e. The van der Waals surface area contributed by atoms with Crippen molar-refractivity contribution < 1.29 is 9.53 Å². The number of carbonyl (C=O) groups excluding carboxylic acids is 1. The molecular weight excluding hydrogens is 414 g/mol. The van der Waals surface area contributed by atoms with Gasteiger partial charge in [-0.05, 0) is 39.2 Å². The fraction of sp³-hybridized carbons (Fsp3) is 0.0833. The zero-order valence-electron chi connectivity index (χ0n) is 15.4. The van der Waals surface area contributed by atoms with Gasteiger partial charge in [0.1, 0.15) is 0 Å². The molecule has 0 N–H and O–H groups in total. The van der Waals surface area contributed by atoms with Gasteiger partial charge in [-0.15, -0.1) is 0 Å². The summed E-state index contributed by atoms with van der Waals surface area (Å²) in [5.41, 5.74) is 1.64. The van der Waals surface area contributed by atoms with Gasteiger partial charge in [0.15, 0.2) is 5.90 Å². The van der Waals surface area contributed by atoms with E-state index in [0.717, 1.165) is 31.6 Å². The SMILES string of the molecule is COC(Cc1cccc2ccccc12)=NC(=O)c1cccc2c(Br)cccc12. The minimum absolute atomic E-state index is 0.305. The van der Waals surface area contributed by atoms with Crippen LogP contribution in [0.3, 0.4) is 0 Å². The van der Waals surface area contributed by atoms with Gasteiger partial charge in [-0.3, -0.25) is 4.79 Å². The zero-order valence-corrected chi connectivity index (χ0v) is 16.9. The molecule has 0 spiro atoms. The van der Waals surface area contributed by atoms with E-state index in [1.807, 2.05) is 54.6 Å². The highest BCUT2D eigenvalue weighted by Crippen LogP contribution is 2.27. The second-order valence-corrected chi connectivity index (χ2v) is 7.32. The fourth-order valence-corrected chi connectivity index (χ4v) is 3.90. The molecule has 0 saturated heterocycles. The van der Waals surface area contributed by atoms with Crippen LogP contribution < -0.4 is 0 Å². The van der Waals surface area contributed by atoms with E-state index >= 15 is 0 Å². The first-order valence-electron chi connectivity index (χ1n) is 8.97. The summed E-state index contributed by atoms with van der Waals surface area (Å²) in [7, 11) is 1.55. The molecule has 4 aromatic carbocycles. The van der Waals surface area contributed by atoms with Gasteiger partial charge in [-0.25, -0.2) is 0 Å². The van der Waals surface area contributed by atoms with Gasteiger partial charge in [0.25, 0.3) is 5.91 Å². The molecule has 4 rings (SSSR count). The highest BCUT2D eigenvalue weighted by atomic mass is 79.9. The Kier molecular flexibility index (Phi) is 5.22. The van der Waals surface area contributed by atoms with Crippen LogP contribution in [0.15, 0.2) is 88.3 Å². The molecule has 0 aliphatic carbocycles. The molecule has 0 aliphatic heterocycles. The van der Waals surface area contributed by atoms with E-state index in [9.17, 15) is 4.79 Å². The van der Waals surface area contributed by atoms with Crippen molar-refractivity contribution in [1.29, 1.82) is 0 Å². The number of fused-ring (bicyclic) bond motifs is 2. The molecule has 0 saturated carbocycles. The number of carbonyl (C=O) groups is 1. The Labute approximate surface area is 171 Å². The van der Waals surface area contributed by atoms with E-state index in [1.165, 1.54) is 0 Å². The average molecular weight is 432 g/mol. The zero-order chi connectivity index (χ0) is 19.5. The first-order chi connectivity index (χ1) is 13.7. The van der Waals surface area contributed by atoms with E-state index in [1.54, 1.807) is 13.2 Å². The maximum atomic E-state index is 12.9. The van der Waals surface area contributed by atoms with Crippen molar-refractivity contribution in [2.45, 2.75) is 6.42 Å². The van der Waals surface area contributed by atoms with Crippen molar-refractivity contribution in [3.63, 3.8) is 0 Å². The van der Waals surface area contributed by atoms with Crippen molar-refractivity contribution in [1.82, 2.24) is 0 Å². The minimum atomic E-state index is -0.305. The lowest BCUT2D eigenvalue weighted by atomic mass is 10.0. The van der Waals surface area contributed by atoms with Gasteiger partial charge >= 0.3 is 0 Å². The lowest BCUT2D eigenvalue weighted by Crippen LogP contribution is -2.10. The second kappa shape index (κ2) is 7.95. The molecular formula is C24H18BrNO2. The van der Waals surface area contributed by atoms with E-state index in [0.29, 0.717) is 17.9 Å². The van der Waals surface area contributed by atoms with Crippen molar-refractivity contribution in [2.24, 2.45) is 4.99 Å². The highest BCUT2D eigenvalue weighted by Gasteiger charge is 2.13. The fourth-order valence-electron chi connectivity index (χ4n) is 3.40. The summed E-state index contributed by atoms with van der Waals surface area (Å²) < 4.78 is 6.40. The molecule has 0 aliphatic rings. The van der Waals surface area contributed by atoms with Crippen LogP contribution in [0.25, 0.3) is 21.5 Å². The van der Waals surface area contributed by atoms with Crippen molar-refractivity contribution in [3.05, 3.63) is 94.5 Å². The normalized spacial score (nSPS) is 11.7. The lowest BCUT2D eigenvalue weighted by molar-refractivity contribution is 0.100. The third kappa shape index (κ3) is 3.56. The summed E-state index contributed by atoms with van der Waals surface area (Å²) >= 11 is 3.54. The smallest absolute Gasteiger partial charge is 0.280 e. The predicted molar refractivity (Wildman–Crippen MR) is 118 cm³/mol. The summed E-state index contributed by atoms with van der Waals surface area (Å²) in [6.07, 6.45) is 0.456. The molecule has 0 atom stereocenters. The summed E-state index contributed by atoms with van der Waals surface area (Å²) in [4.78, 5) is 17.2. The Bertz CT molecular complexity index is 1210. The van der Waals surface area contributed by atoms with Gasteiger partial charge in [0.2, 0.25) is 0 Å². The lowest BCUT2D eigenvalue weighted by Gasteiger charge is -2.09. The molecule has 3 nitrogen and oxygen atoms in total. The van der Waals surface area contributed by atoms with Crippen LogP contribution in [0, 0.1) is 0 Å². The number of hydrogen-bond donors (Lipinski definition) is 0. The van der Waals surface area contributed by atoms with Gasteiger partial charge in [-0.1, -0.05) is 82.7 Å². The van der Waals surface area contributed by atoms with Gasteiger partial charge in [0.05, 0.1) is 7.11 Å². The van der Waals surface area contributed by atoms with E-state index in [2.05, 4.69) is 39.1 Å². The summed E-state index contributed by atoms with van der Waals surface area (Å²) in [5.74, 6) is 0.0918. The Morgan fingerprint density at radius 3 is 2.39 bits per heavy atom. The quantitative estimate of drug-likeness (QED) is 0.286. The van der Waals surface area contributed by atoms with Crippen LogP contribution in [0.1, 0.15) is 15.9 Å². The number of halogens is 1. The number of ether oxygens (including phenoxy) is 1. The summed E-state index contributed by atoms with van der Waals surface area (Å²) in [5, 5.41) is 4.14. The number of nitrogens with zero attached hydrogens (tertiary/aromatic N) is 1. The van der Waals surface area contributed by atoms with E-state index < -0.39 is 0 Å². The standard InChI is InChI=1S/C24H18BrNO2/c1-28-23(15-17-9-4-8-16-7-2-3-10-18(16)17)26-24(27)21-13-5-12-20-19(21)11-6-14-22(20)25/h2-14H,15H2,1H3. The topological polar surface area (TPSA) is 38.7 Å². The maximum absolute atomic E-state index is 12.9. The number of aliphatic imine (C=N–C) groups is 1. The number of amides is 1. The molecule has 0 radical (unpaired) electrons. The van der Waals surface area contributed by atoms with Crippen molar-refractivity contribution in [3.8, 4) is 0 Å². The third-order valence-corrected chi connectivity index (χ3v) is 5.47. The van der Waals surface area contributed by atoms with Crippen LogP contribution in [-0.2, 0) is 11.2 Å². The minimum Gasteiger partial charge on any atom is -0.484 e. The first kappa shape index (κ1) is 18.4. The van der Waals surface area contributed by atoms with Gasteiger partial charge in [0, 0.05) is 16.5 Å². The van der Waals surface area contributed by atoms with Crippen LogP contribution >= 0.6 is 15.9 Å². The summed E-state index contributed by atoms with van der Waals surface area (Å²) in [6.45, 7) is 0. The summed E-state index contributed by atoms with van der Waals surface area (Å²) in [6, 6.07) is 25.7. The molecule has 0 aromatic heterocycles. The Morgan fingerprint density at radius 1 is 0.857 bits per heavy atom. The Morgan fingerprint density at radius 2 is 1.54 bits per heavy atom. The number of methoxy groups -OCH3 is 1. The van der Waals surface area contributed by atoms with Gasteiger partial charge < -0.3 is 4.74 Å². The molecule has 138 valence electrons. The average Bonchev–Trinajstić information content (AvgIpc) is 2.73. The van der Waals surface area contributed by atoms with Crippen LogP contribution in [0.5, 0.6) is 0 Å². The van der Waals surface area contributed by atoms with Crippen molar-refractivity contribution in [2.75, 3.05) is 7.11 Å². The predicted octanol–water partition coefficient (Wildman–Crippen LogP) is 6.18. The monoisotopic (exact) mass is 431 g/mol. The number of hydrogen-bond acceptors (Lipinski definition) is 2. The van der Waals surface area contributed by atoms with E-state index in [-0.39, 0.29) is 5.91 Å². The second-order valence-electron chi connectivity index (χ2n) is 6.47. The van der Waals surface area contributed by atoms with Crippen molar-refractivity contribution >= 4 is 49.3 Å². The largest absolute Gasteiger partial charge is 0.484 e. The van der Waals surface area contributed by atoms with E-state index in [4.69, 9.17) is 4.74 Å². The van der Waals surface area contributed by atoms with Crippen LogP contribution in [0.2, 0.25) is 0 Å². The van der Waals surface area contributed by atoms with Gasteiger partial charge in [-0.2, -0.15) is 4.99 Å². The molecule has 28 heavy (non-hydrogen) atoms. The number of rotatable bonds is 3. The van der Waals surface area contributed by atoms with Crippen LogP contribution in [-0.4, -0.2) is 18.9 Å². The highest BCUT2D eigenvalue weighted by molar-refractivity contribution is 9.10. The molecule has 0 fully saturated rings. The molecule has 0 bridgehead atoms. The molecule has 4 heteroatoms. The van der Waals surface area contributed by atoms with Crippen LogP contribution in [0.4, 0.5) is 0 Å². The third-order valence-electron chi connectivity index (χ3n) is 4.78. The molecule has 4 aromatic rings. The molecule has 0 unspecified atom stereocenters. The Hall–Kier alpha value is -2.98. The molecule has 0 heterocycles.